The van der Waals surface area contributed by atoms with Gasteiger partial charge in [-0.1, -0.05) is 44.6 Å². The Hall–Kier alpha value is -16.5. The smallest absolute Gasteiger partial charge is 0.355 e. The third-order valence-corrected chi connectivity index (χ3v) is 23.1. The maximum atomic E-state index is 12.2. The summed E-state index contributed by atoms with van der Waals surface area (Å²) in [5.74, 6) is -19.5. The molecule has 27 amide bonds. The number of carbonyl (C=O) groups excluding carboxylic acids is 34. The molecule has 0 radical (unpaired) electrons. The van der Waals surface area contributed by atoms with E-state index in [0.717, 1.165) is 46.3 Å². The van der Waals surface area contributed by atoms with Gasteiger partial charge < -0.3 is 49.8 Å². The average molecular weight is 2210 g/mol. The van der Waals surface area contributed by atoms with Gasteiger partial charge in [0.15, 0.2) is 0 Å². The highest BCUT2D eigenvalue weighted by Crippen LogP contribution is 2.34. The molecule has 1 aromatic carbocycles. The van der Waals surface area contributed by atoms with Crippen molar-refractivity contribution in [3.8, 4) is 0 Å². The van der Waals surface area contributed by atoms with Gasteiger partial charge in [-0.2, -0.15) is 0 Å². The van der Waals surface area contributed by atoms with Gasteiger partial charge in [0.25, 0.3) is 142 Å². The Bertz CT molecular complexity index is 5560. The van der Waals surface area contributed by atoms with Crippen LogP contribution in [-0.4, -0.2) is 312 Å². The van der Waals surface area contributed by atoms with E-state index in [-0.39, 0.29) is 196 Å². The van der Waals surface area contributed by atoms with E-state index in [1.807, 2.05) is 0 Å². The first-order chi connectivity index (χ1) is 68.8. The zero-order valence-corrected chi connectivity index (χ0v) is 79.8. The van der Waals surface area contributed by atoms with Crippen LogP contribution in [0.25, 0.3) is 0 Å². The molecule has 0 spiro atoms. The number of hydrogen-bond donors (Lipinski definition) is 3. The first-order valence-electron chi connectivity index (χ1n) is 44.1. The molecule has 3 N–H and O–H groups in total. The molecule has 12 aliphatic heterocycles. The van der Waals surface area contributed by atoms with Crippen LogP contribution in [0.3, 0.4) is 0 Å². The van der Waals surface area contributed by atoms with Crippen molar-refractivity contribution in [3.63, 3.8) is 0 Å². The summed E-state index contributed by atoms with van der Waals surface area (Å²) in [6.45, 7) is -0.928. The quantitative estimate of drug-likeness (QED) is 0.0393. The van der Waals surface area contributed by atoms with Gasteiger partial charge in [-0.15, -0.1) is 35.4 Å². The van der Waals surface area contributed by atoms with E-state index in [2.05, 4.69) is 51.2 Å². The van der Waals surface area contributed by atoms with E-state index in [0.29, 0.717) is 105 Å². The number of imide groups is 12. The molecular weight excluding hydrogens is 2120 g/mol. The van der Waals surface area contributed by atoms with Gasteiger partial charge in [0.05, 0.1) is 28.9 Å². The number of benzene rings is 1. The molecule has 12 heterocycles. The summed E-state index contributed by atoms with van der Waals surface area (Å²) in [4.78, 5) is 424. The van der Waals surface area contributed by atoms with Gasteiger partial charge in [0.1, 0.15) is 24.1 Å². The highest BCUT2D eigenvalue weighted by atomic mass is 127. The van der Waals surface area contributed by atoms with Gasteiger partial charge in [0.2, 0.25) is 17.7 Å². The minimum Gasteiger partial charge on any atom is -0.355 e. The molecular formula is C87H87BrIN15O41. The molecule has 7 saturated heterocycles. The molecule has 2 saturated carbocycles. The molecule has 0 atom stereocenters. The number of alkyl halides is 2. The van der Waals surface area contributed by atoms with Crippen LogP contribution >= 0.6 is 38.5 Å². The normalized spacial score (nSPS) is 20.3. The van der Waals surface area contributed by atoms with E-state index in [1.165, 1.54) is 58.4 Å². The molecule has 2 aliphatic carbocycles. The third-order valence-electron chi connectivity index (χ3n) is 22.0. The average Bonchev–Trinajstić information content (AvgIpc) is 1.65. The summed E-state index contributed by atoms with van der Waals surface area (Å²) in [7, 11) is 0. The van der Waals surface area contributed by atoms with E-state index in [1.54, 1.807) is 22.6 Å². The first-order valence-corrected chi connectivity index (χ1v) is 46.7. The van der Waals surface area contributed by atoms with E-state index in [9.17, 15) is 163 Å². The SMILES string of the molecule is O=C(CBr)NCCC(=O)ON1C(=O)CCC1=O.O=C(CCN1C(=O)C=CC1=O)NCC(=O)ON1C(=O)CCC1=O.O=C(CI)ON1C(=O)CCC1=O.O=C(CN1C(=O)C=CC1=O)ON1C(=O)CCC1=O.O=C(CNC(=O)C1CCC(CN2C(=O)C=CC2=O)CC1)ON1C(=O)CCC1=O.O=C(ON1C(=O)CCC1=O)C1CCC(CN2C(=O)C=CC2=O)CC1.O=C(ON1C(=O)CCC1=O)c1cccc(N2C(=O)C=CC2=O)c1. The van der Waals surface area contributed by atoms with Crippen molar-refractivity contribution in [3.05, 3.63) is 90.6 Å². The molecule has 9 fully saturated rings. The van der Waals surface area contributed by atoms with Crippen molar-refractivity contribution < 1.29 is 197 Å². The van der Waals surface area contributed by atoms with Crippen molar-refractivity contribution >= 4 is 245 Å². The van der Waals surface area contributed by atoms with Crippen molar-refractivity contribution in [1.29, 1.82) is 0 Å². The van der Waals surface area contributed by atoms with Gasteiger partial charge in [-0.3, -0.25) is 149 Å². The summed E-state index contributed by atoms with van der Waals surface area (Å²) in [6.07, 6.45) is 16.7. The maximum absolute atomic E-state index is 12.2. The second kappa shape index (κ2) is 52.8. The third kappa shape index (κ3) is 32.0. The zero-order valence-electron chi connectivity index (χ0n) is 76.1. The fraction of sp³-hybridized carbons (Fsp3) is 0.425. The second-order valence-electron chi connectivity index (χ2n) is 32.1. The summed E-state index contributed by atoms with van der Waals surface area (Å²) in [6, 6.07) is 5.59. The minimum atomic E-state index is -1.02. The summed E-state index contributed by atoms with van der Waals surface area (Å²) >= 11 is 4.73. The highest BCUT2D eigenvalue weighted by molar-refractivity contribution is 14.1. The standard InChI is InChI=1S/C18H21N3O7.C16H18N2O6.C15H10N2O6.C13H13N3O7.C10H8N2O6.C9H11BrN2O5.C6H6INO4/c22-13-5-6-14(23)20(13)10-11-1-3-12(4-2-11)18(27)19-9-17(26)28-21-15(24)7-8-16(21)25;19-12-5-6-13(20)17(12)9-10-1-3-11(4-2-10)16(23)24-18-14(21)7-8-15(18)22;18-11-4-5-12(19)16(11)10-3-1-2-9(8-10)15(22)23-17-13(20)6-7-14(17)21;17-8(5-6-15-9(18)1-2-10(15)19)14-7-13(22)23-16-11(20)3-4-12(16)21;13-6-1-2-7(14)11(6)5-10(17)18-12-8(15)3-4-9(12)16;10-5-6(13)11-4-3-9(16)17-12-7(14)1-2-8(12)15;7-3-6(11)12-8-4(9)1-2-5(8)10/h5-6,11-12H,1-4,7-10H2,(H,19,27);5-6,10-11H,1-4,7-9H2;1-5,8H,6-7H2;1-2H,3-7H2,(H,14,17);1-2H,3-5H2;1-5H2,(H,11,13);1-3H2. The van der Waals surface area contributed by atoms with E-state index < -0.39 is 185 Å². The predicted molar refractivity (Wildman–Crippen MR) is 473 cm³/mol. The molecule has 145 heavy (non-hydrogen) atoms. The lowest BCUT2D eigenvalue weighted by atomic mass is 9.81. The number of nitrogens with zero attached hydrogens (tertiary/aromatic N) is 12. The van der Waals surface area contributed by atoms with Crippen molar-refractivity contribution in [2.75, 3.05) is 60.5 Å². The molecule has 56 nitrogen and oxygen atoms in total. The van der Waals surface area contributed by atoms with Crippen LogP contribution in [0, 0.1) is 23.7 Å². The molecule has 1 aromatic rings. The molecule has 14 aliphatic rings. The molecule has 58 heteroatoms. The van der Waals surface area contributed by atoms with Crippen LogP contribution in [0.15, 0.2) is 85.0 Å². The second-order valence-corrected chi connectivity index (χ2v) is 33.4. The van der Waals surface area contributed by atoms with Gasteiger partial charge in [0, 0.05) is 189 Å². The Kier molecular flexibility index (Phi) is 40.9. The number of halogens is 2. The number of rotatable bonds is 29. The zero-order chi connectivity index (χ0) is 106. The molecule has 0 bridgehead atoms. The Labute approximate surface area is 837 Å². The number of anilines is 1. The molecule has 15 rings (SSSR count). The molecule has 0 unspecified atom stereocenters. The summed E-state index contributed by atoms with van der Waals surface area (Å²) in [5.41, 5.74) is 0.195. The van der Waals surface area contributed by atoms with E-state index in [4.69, 9.17) is 14.5 Å². The number of hydroxylamine groups is 14. The van der Waals surface area contributed by atoms with Crippen LogP contribution in [0.2, 0.25) is 0 Å². The number of hydrogen-bond acceptors (Lipinski definition) is 41. The predicted octanol–water partition coefficient (Wildman–Crippen LogP) is -3.83. The highest BCUT2D eigenvalue weighted by Gasteiger charge is 2.43. The van der Waals surface area contributed by atoms with Crippen molar-refractivity contribution in [2.45, 2.75) is 154 Å². The number of amides is 27. The lowest BCUT2D eigenvalue weighted by Crippen LogP contribution is -2.41. The van der Waals surface area contributed by atoms with Crippen LogP contribution in [-0.2, 0) is 192 Å². The van der Waals surface area contributed by atoms with Crippen molar-refractivity contribution in [1.82, 2.24) is 71.0 Å². The Balaban J connectivity index is 0.000000191. The first kappa shape index (κ1) is 112. The lowest BCUT2D eigenvalue weighted by molar-refractivity contribution is -0.201. The number of carbonyl (C=O) groups is 34. The van der Waals surface area contributed by atoms with Crippen LogP contribution < -0.4 is 20.9 Å². The van der Waals surface area contributed by atoms with Crippen LogP contribution in [0.5, 0.6) is 0 Å². The lowest BCUT2D eigenvalue weighted by Gasteiger charge is -2.29. The molecule has 0 aromatic heterocycles. The molecule has 770 valence electrons. The fourth-order valence-corrected chi connectivity index (χ4v) is 14.8. The van der Waals surface area contributed by atoms with Gasteiger partial charge in [-0.25, -0.2) is 38.5 Å². The Morgan fingerprint density at radius 2 is 0.628 bits per heavy atom. The Morgan fingerprint density at radius 3 is 0.993 bits per heavy atom. The maximum Gasteiger partial charge on any atom is 0.363 e. The minimum absolute atomic E-state index is 0.00231. The topological polar surface area (TPSA) is 720 Å². The monoisotopic (exact) mass is 2200 g/mol. The Morgan fingerprint density at radius 1 is 0.317 bits per heavy atom. The largest absolute Gasteiger partial charge is 0.363 e. The van der Waals surface area contributed by atoms with Crippen LogP contribution in [0.4, 0.5) is 5.69 Å². The van der Waals surface area contributed by atoms with Gasteiger partial charge >= 0.3 is 41.8 Å². The summed E-state index contributed by atoms with van der Waals surface area (Å²) in [5, 5.41) is 10.5. The van der Waals surface area contributed by atoms with Crippen LogP contribution in [0.1, 0.15) is 164 Å². The number of nitrogens with one attached hydrogen (secondary N) is 3. The van der Waals surface area contributed by atoms with Gasteiger partial charge in [-0.05, 0) is 81.4 Å². The fourth-order valence-electron chi connectivity index (χ4n) is 14.4. The van der Waals surface area contributed by atoms with Crippen molar-refractivity contribution in [2.24, 2.45) is 23.7 Å². The summed E-state index contributed by atoms with van der Waals surface area (Å²) < 4.78 is 0.120. The van der Waals surface area contributed by atoms with E-state index >= 15 is 0 Å².